The zero-order valence-electron chi connectivity index (χ0n) is 7.50. The lowest BCUT2D eigenvalue weighted by molar-refractivity contribution is 0.419. The molecule has 2 rings (SSSR count). The number of hydrogen-bond donors (Lipinski definition) is 1. The summed E-state index contributed by atoms with van der Waals surface area (Å²) in [6.45, 7) is 0. The Kier molecular flexibility index (Phi) is 1.96. The zero-order valence-corrected chi connectivity index (χ0v) is 7.50. The highest BCUT2D eigenvalue weighted by Gasteiger charge is 2.06. The summed E-state index contributed by atoms with van der Waals surface area (Å²) in [6.07, 6.45) is 0. The lowest BCUT2D eigenvalue weighted by Gasteiger charge is -2.04. The van der Waals surface area contributed by atoms with Crippen LogP contribution in [0.1, 0.15) is 0 Å². The molecule has 0 unspecified atom stereocenters. The second-order valence-corrected chi connectivity index (χ2v) is 2.86. The summed E-state index contributed by atoms with van der Waals surface area (Å²) in [7, 11) is 1.50. The van der Waals surface area contributed by atoms with Crippen LogP contribution in [0.4, 0.5) is 4.39 Å². The average molecular weight is 193 g/mol. The van der Waals surface area contributed by atoms with Crippen LogP contribution in [0.5, 0.6) is 5.75 Å². The second kappa shape index (κ2) is 3.14. The van der Waals surface area contributed by atoms with Crippen LogP contribution in [0.3, 0.4) is 0 Å². The Morgan fingerprint density at radius 2 is 2.07 bits per heavy atom. The van der Waals surface area contributed by atoms with E-state index in [1.165, 1.54) is 31.4 Å². The second-order valence-electron chi connectivity index (χ2n) is 2.86. The predicted octanol–water partition coefficient (Wildman–Crippen LogP) is 1.68. The Labute approximate surface area is 79.1 Å². The first-order valence-corrected chi connectivity index (χ1v) is 4.08. The largest absolute Gasteiger partial charge is 0.496 e. The van der Waals surface area contributed by atoms with E-state index < -0.39 is 5.82 Å². The van der Waals surface area contributed by atoms with Gasteiger partial charge in [0.15, 0.2) is 0 Å². The maximum atomic E-state index is 13.3. The monoisotopic (exact) mass is 193 g/mol. The third-order valence-electron chi connectivity index (χ3n) is 2.02. The predicted molar refractivity (Wildman–Crippen MR) is 51.1 cm³/mol. The summed E-state index contributed by atoms with van der Waals surface area (Å²) in [5.41, 5.74) is -0.151. The number of hydrogen-bond acceptors (Lipinski definition) is 2. The van der Waals surface area contributed by atoms with Crippen molar-refractivity contribution in [2.24, 2.45) is 0 Å². The van der Waals surface area contributed by atoms with Gasteiger partial charge in [-0.3, -0.25) is 4.79 Å². The molecule has 0 radical (unpaired) electrons. The van der Waals surface area contributed by atoms with Crippen molar-refractivity contribution >= 4 is 10.9 Å². The first-order valence-electron chi connectivity index (χ1n) is 4.08. The minimum absolute atomic E-state index is 0.178. The van der Waals surface area contributed by atoms with E-state index in [0.717, 1.165) is 0 Å². The van der Waals surface area contributed by atoms with Gasteiger partial charge in [-0.2, -0.15) is 0 Å². The van der Waals surface area contributed by atoms with Gasteiger partial charge in [0.25, 0.3) is 0 Å². The van der Waals surface area contributed by atoms with Gasteiger partial charge in [-0.25, -0.2) is 4.39 Å². The van der Waals surface area contributed by atoms with Gasteiger partial charge in [0.2, 0.25) is 5.56 Å². The number of H-pyrrole nitrogens is 1. The number of rotatable bonds is 1. The molecule has 0 fully saturated rings. The van der Waals surface area contributed by atoms with E-state index in [-0.39, 0.29) is 11.1 Å². The molecule has 1 aromatic heterocycles. The molecule has 0 atom stereocenters. The Bertz CT molecular complexity index is 533. The van der Waals surface area contributed by atoms with Gasteiger partial charge < -0.3 is 9.72 Å². The van der Waals surface area contributed by atoms with Crippen LogP contribution >= 0.6 is 0 Å². The summed E-state index contributed by atoms with van der Waals surface area (Å²) < 4.78 is 18.3. The molecule has 1 aromatic carbocycles. The van der Waals surface area contributed by atoms with Gasteiger partial charge in [0.05, 0.1) is 12.6 Å². The van der Waals surface area contributed by atoms with Crippen LogP contribution in [0.25, 0.3) is 10.9 Å². The van der Waals surface area contributed by atoms with Crippen molar-refractivity contribution < 1.29 is 9.13 Å². The van der Waals surface area contributed by atoms with Crippen molar-refractivity contribution in [2.75, 3.05) is 7.11 Å². The molecule has 1 heterocycles. The maximum Gasteiger partial charge on any atom is 0.248 e. The zero-order chi connectivity index (χ0) is 10.1. The highest BCUT2D eigenvalue weighted by molar-refractivity contribution is 5.85. The molecule has 2 aromatic rings. The molecular formula is C10H8FNO2. The number of ether oxygens (including phenoxy) is 1. The average Bonchev–Trinajstić information content (AvgIpc) is 2.19. The summed E-state index contributed by atoms with van der Waals surface area (Å²) >= 11 is 0. The molecule has 0 aliphatic carbocycles. The third kappa shape index (κ3) is 1.25. The number of fused-ring (bicyclic) bond motifs is 1. The molecule has 0 amide bonds. The first kappa shape index (κ1) is 8.74. The topological polar surface area (TPSA) is 42.1 Å². The highest BCUT2D eigenvalue weighted by Crippen LogP contribution is 2.24. The maximum absolute atomic E-state index is 13.3. The Balaban J connectivity index is 2.91. The molecule has 0 aliphatic rings. The van der Waals surface area contributed by atoms with Crippen LogP contribution in [0, 0.1) is 5.82 Å². The van der Waals surface area contributed by atoms with Crippen molar-refractivity contribution in [1.29, 1.82) is 0 Å². The standard InChI is InChI=1S/C10H8FNO2/c1-14-8-4-3-7(11)10-6(8)2-5-9(13)12-10/h2-5H,1H3,(H,12,13). The molecule has 0 bridgehead atoms. The fraction of sp³-hybridized carbons (Fsp3) is 0.100. The van der Waals surface area contributed by atoms with Crippen molar-refractivity contribution in [3.63, 3.8) is 0 Å². The van der Waals surface area contributed by atoms with Crippen molar-refractivity contribution in [1.82, 2.24) is 4.98 Å². The number of methoxy groups -OCH3 is 1. The van der Waals surface area contributed by atoms with E-state index in [1.807, 2.05) is 0 Å². The van der Waals surface area contributed by atoms with Crippen molar-refractivity contribution in [2.45, 2.75) is 0 Å². The lowest BCUT2D eigenvalue weighted by atomic mass is 10.2. The van der Waals surface area contributed by atoms with Crippen molar-refractivity contribution in [3.8, 4) is 5.75 Å². The van der Waals surface area contributed by atoms with E-state index >= 15 is 0 Å². The Morgan fingerprint density at radius 3 is 2.79 bits per heavy atom. The van der Waals surface area contributed by atoms with Crippen LogP contribution in [0.2, 0.25) is 0 Å². The molecule has 14 heavy (non-hydrogen) atoms. The minimum atomic E-state index is -0.460. The molecule has 1 N–H and O–H groups in total. The highest BCUT2D eigenvalue weighted by atomic mass is 19.1. The third-order valence-corrected chi connectivity index (χ3v) is 2.02. The fourth-order valence-corrected chi connectivity index (χ4v) is 1.37. The number of aromatic nitrogens is 1. The van der Waals surface area contributed by atoms with Crippen molar-refractivity contribution in [3.05, 3.63) is 40.4 Å². The molecule has 0 saturated heterocycles. The molecule has 72 valence electrons. The van der Waals surface area contributed by atoms with Crippen LogP contribution in [0.15, 0.2) is 29.1 Å². The van der Waals surface area contributed by atoms with Crippen LogP contribution < -0.4 is 10.3 Å². The van der Waals surface area contributed by atoms with Gasteiger partial charge in [-0.1, -0.05) is 0 Å². The molecule has 4 heteroatoms. The molecular weight excluding hydrogens is 185 g/mol. The van der Waals surface area contributed by atoms with Crippen LogP contribution in [-0.2, 0) is 0 Å². The number of nitrogens with one attached hydrogen (secondary N) is 1. The quantitative estimate of drug-likeness (QED) is 0.748. The van der Waals surface area contributed by atoms with E-state index in [2.05, 4.69) is 4.98 Å². The van der Waals surface area contributed by atoms with E-state index in [1.54, 1.807) is 0 Å². The van der Waals surface area contributed by atoms with Gasteiger partial charge in [-0.05, 0) is 18.2 Å². The van der Waals surface area contributed by atoms with Gasteiger partial charge in [0.1, 0.15) is 11.6 Å². The number of aromatic amines is 1. The van der Waals surface area contributed by atoms with E-state index in [9.17, 15) is 9.18 Å². The van der Waals surface area contributed by atoms with Gasteiger partial charge >= 0.3 is 0 Å². The summed E-state index contributed by atoms with van der Waals surface area (Å²) in [5.74, 6) is 0.0798. The fourth-order valence-electron chi connectivity index (χ4n) is 1.37. The van der Waals surface area contributed by atoms with E-state index in [4.69, 9.17) is 4.74 Å². The SMILES string of the molecule is COc1ccc(F)c2[nH]c(=O)ccc12. The molecule has 3 nitrogen and oxygen atoms in total. The summed E-state index contributed by atoms with van der Waals surface area (Å²) in [5, 5.41) is 0.562. The van der Waals surface area contributed by atoms with E-state index in [0.29, 0.717) is 11.1 Å². The van der Waals surface area contributed by atoms with Gasteiger partial charge in [0, 0.05) is 11.5 Å². The molecule has 0 aliphatic heterocycles. The minimum Gasteiger partial charge on any atom is -0.496 e. The smallest absolute Gasteiger partial charge is 0.248 e. The normalized spacial score (nSPS) is 10.4. The van der Waals surface area contributed by atoms with Crippen LogP contribution in [-0.4, -0.2) is 12.1 Å². The summed E-state index contributed by atoms with van der Waals surface area (Å²) in [6, 6.07) is 5.66. The Hall–Kier alpha value is -1.84. The number of benzene rings is 1. The first-order chi connectivity index (χ1) is 6.72. The lowest BCUT2D eigenvalue weighted by Crippen LogP contribution is -2.04. The number of halogens is 1. The Morgan fingerprint density at radius 1 is 1.29 bits per heavy atom. The molecule has 0 saturated carbocycles. The molecule has 0 spiro atoms. The number of pyridine rings is 1. The van der Waals surface area contributed by atoms with Gasteiger partial charge in [-0.15, -0.1) is 0 Å². The summed E-state index contributed by atoms with van der Waals surface area (Å²) in [4.78, 5) is 13.4.